The molecule has 0 amide bonds. The molecule has 1 aromatic heterocycles. The van der Waals surface area contributed by atoms with E-state index in [0.29, 0.717) is 25.8 Å². The second kappa shape index (κ2) is 6.89. The number of hydrogen-bond acceptors (Lipinski definition) is 5. The number of thiophene rings is 1. The van der Waals surface area contributed by atoms with E-state index in [0.717, 1.165) is 11.3 Å². The van der Waals surface area contributed by atoms with Gasteiger partial charge in [-0.05, 0) is 30.7 Å². The first-order chi connectivity index (χ1) is 9.96. The summed E-state index contributed by atoms with van der Waals surface area (Å²) >= 11 is 1.62. The SMILES string of the molecule is COC(=O)C1CCCC1S(=O)(=O)N(C)CCc1cccs1. The Kier molecular flexibility index (Phi) is 5.40. The van der Waals surface area contributed by atoms with Crippen LogP contribution in [-0.2, 0) is 26.0 Å². The summed E-state index contributed by atoms with van der Waals surface area (Å²) in [6, 6.07) is 3.96. The Labute approximate surface area is 130 Å². The number of likely N-dealkylation sites (N-methyl/N-ethyl adjacent to an activating group) is 1. The third kappa shape index (κ3) is 3.64. The van der Waals surface area contributed by atoms with E-state index in [9.17, 15) is 13.2 Å². The fourth-order valence-corrected chi connectivity index (χ4v) is 5.42. The Hall–Kier alpha value is -0.920. The Morgan fingerprint density at radius 3 is 2.86 bits per heavy atom. The highest BCUT2D eigenvalue weighted by atomic mass is 32.2. The third-order valence-corrected chi connectivity index (χ3v) is 7.34. The van der Waals surface area contributed by atoms with Crippen LogP contribution in [0.5, 0.6) is 0 Å². The average Bonchev–Trinajstić information content (AvgIpc) is 3.14. The lowest BCUT2D eigenvalue weighted by Crippen LogP contribution is -2.41. The number of sulfonamides is 1. The zero-order valence-electron chi connectivity index (χ0n) is 12.3. The van der Waals surface area contributed by atoms with Crippen molar-refractivity contribution < 1.29 is 17.9 Å². The smallest absolute Gasteiger partial charge is 0.310 e. The zero-order valence-corrected chi connectivity index (χ0v) is 14.0. The number of methoxy groups -OCH3 is 1. The molecule has 5 nitrogen and oxygen atoms in total. The zero-order chi connectivity index (χ0) is 15.5. The van der Waals surface area contributed by atoms with Crippen LogP contribution in [0.15, 0.2) is 17.5 Å². The van der Waals surface area contributed by atoms with Crippen molar-refractivity contribution in [2.24, 2.45) is 5.92 Å². The normalized spacial score (nSPS) is 22.6. The van der Waals surface area contributed by atoms with Crippen LogP contribution in [0.1, 0.15) is 24.1 Å². The van der Waals surface area contributed by atoms with Gasteiger partial charge >= 0.3 is 5.97 Å². The molecule has 1 fully saturated rings. The molecular formula is C14H21NO4S2. The highest BCUT2D eigenvalue weighted by Crippen LogP contribution is 2.33. The van der Waals surface area contributed by atoms with Gasteiger partial charge < -0.3 is 4.74 Å². The first-order valence-corrected chi connectivity index (χ1v) is 9.40. The van der Waals surface area contributed by atoms with E-state index in [1.54, 1.807) is 18.4 Å². The van der Waals surface area contributed by atoms with Crippen molar-refractivity contribution in [1.29, 1.82) is 0 Å². The fraction of sp³-hybridized carbons (Fsp3) is 0.643. The molecule has 21 heavy (non-hydrogen) atoms. The van der Waals surface area contributed by atoms with E-state index in [1.807, 2.05) is 17.5 Å². The largest absolute Gasteiger partial charge is 0.469 e. The second-order valence-corrected chi connectivity index (χ2v) is 8.59. The number of ether oxygens (including phenoxy) is 1. The van der Waals surface area contributed by atoms with Gasteiger partial charge in [0.2, 0.25) is 10.0 Å². The van der Waals surface area contributed by atoms with Gasteiger partial charge in [0, 0.05) is 18.5 Å². The maximum Gasteiger partial charge on any atom is 0.310 e. The molecular weight excluding hydrogens is 310 g/mol. The molecule has 1 saturated carbocycles. The molecule has 0 aromatic carbocycles. The highest BCUT2D eigenvalue weighted by molar-refractivity contribution is 7.89. The van der Waals surface area contributed by atoms with Crippen LogP contribution in [0.2, 0.25) is 0 Å². The Balaban J connectivity index is 2.04. The van der Waals surface area contributed by atoms with E-state index < -0.39 is 27.2 Å². The van der Waals surface area contributed by atoms with Gasteiger partial charge in [-0.25, -0.2) is 12.7 Å². The van der Waals surface area contributed by atoms with Crippen LogP contribution < -0.4 is 0 Å². The van der Waals surface area contributed by atoms with Gasteiger partial charge in [-0.3, -0.25) is 4.79 Å². The van der Waals surface area contributed by atoms with Crippen LogP contribution in [-0.4, -0.2) is 44.6 Å². The highest BCUT2D eigenvalue weighted by Gasteiger charge is 2.43. The molecule has 1 aliphatic carbocycles. The van der Waals surface area contributed by atoms with Crippen LogP contribution in [0.3, 0.4) is 0 Å². The first-order valence-electron chi connectivity index (χ1n) is 7.02. The Bertz CT molecular complexity index is 568. The van der Waals surface area contributed by atoms with Crippen LogP contribution in [0.25, 0.3) is 0 Å². The molecule has 2 atom stereocenters. The van der Waals surface area contributed by atoms with Crippen molar-refractivity contribution in [3.05, 3.63) is 22.4 Å². The van der Waals surface area contributed by atoms with Gasteiger partial charge in [0.1, 0.15) is 0 Å². The average molecular weight is 331 g/mol. The molecule has 0 N–H and O–H groups in total. The van der Waals surface area contributed by atoms with Gasteiger partial charge in [-0.1, -0.05) is 12.5 Å². The summed E-state index contributed by atoms with van der Waals surface area (Å²) in [6.45, 7) is 0.438. The lowest BCUT2D eigenvalue weighted by atomic mass is 10.1. The van der Waals surface area contributed by atoms with E-state index in [-0.39, 0.29) is 0 Å². The summed E-state index contributed by atoms with van der Waals surface area (Å²) in [7, 11) is -0.556. The van der Waals surface area contributed by atoms with Crippen molar-refractivity contribution >= 4 is 27.3 Å². The lowest BCUT2D eigenvalue weighted by Gasteiger charge is -2.24. The number of carbonyl (C=O) groups is 1. The molecule has 0 saturated heterocycles. The second-order valence-electron chi connectivity index (χ2n) is 5.29. The van der Waals surface area contributed by atoms with Crippen molar-refractivity contribution in [2.75, 3.05) is 20.7 Å². The van der Waals surface area contributed by atoms with Gasteiger partial charge in [-0.2, -0.15) is 0 Å². The number of carbonyl (C=O) groups excluding carboxylic acids is 1. The standard InChI is InChI=1S/C14H21NO4S2/c1-15(9-8-11-5-4-10-20-11)21(17,18)13-7-3-6-12(13)14(16)19-2/h4-5,10,12-13H,3,6-9H2,1-2H3. The molecule has 1 aliphatic rings. The van der Waals surface area contributed by atoms with E-state index in [4.69, 9.17) is 4.74 Å². The van der Waals surface area contributed by atoms with Crippen molar-refractivity contribution in [3.8, 4) is 0 Å². The minimum Gasteiger partial charge on any atom is -0.469 e. The maximum atomic E-state index is 12.6. The van der Waals surface area contributed by atoms with E-state index in [1.165, 1.54) is 11.4 Å². The predicted molar refractivity (Wildman–Crippen MR) is 82.7 cm³/mol. The maximum absolute atomic E-state index is 12.6. The molecule has 118 valence electrons. The van der Waals surface area contributed by atoms with E-state index >= 15 is 0 Å². The molecule has 0 spiro atoms. The Morgan fingerprint density at radius 2 is 2.24 bits per heavy atom. The molecule has 0 radical (unpaired) electrons. The summed E-state index contributed by atoms with van der Waals surface area (Å²) in [5, 5.41) is 1.34. The molecule has 2 unspecified atom stereocenters. The summed E-state index contributed by atoms with van der Waals surface area (Å²) in [5.74, 6) is -0.933. The summed E-state index contributed by atoms with van der Waals surface area (Å²) in [4.78, 5) is 12.9. The van der Waals surface area contributed by atoms with Crippen LogP contribution in [0.4, 0.5) is 0 Å². The minimum atomic E-state index is -3.46. The topological polar surface area (TPSA) is 63.7 Å². The summed E-state index contributed by atoms with van der Waals surface area (Å²) in [5.41, 5.74) is 0. The first kappa shape index (κ1) is 16.5. The van der Waals surface area contributed by atoms with Crippen LogP contribution in [0, 0.1) is 5.92 Å². The van der Waals surface area contributed by atoms with Gasteiger partial charge in [0.15, 0.2) is 0 Å². The Morgan fingerprint density at radius 1 is 1.48 bits per heavy atom. The monoisotopic (exact) mass is 331 g/mol. The molecule has 0 bridgehead atoms. The molecule has 1 heterocycles. The quantitative estimate of drug-likeness (QED) is 0.747. The number of rotatable bonds is 6. The van der Waals surface area contributed by atoms with Crippen molar-refractivity contribution in [1.82, 2.24) is 4.31 Å². The lowest BCUT2D eigenvalue weighted by molar-refractivity contribution is -0.145. The minimum absolute atomic E-state index is 0.410. The van der Waals surface area contributed by atoms with Gasteiger partial charge in [0.25, 0.3) is 0 Å². The third-order valence-electron chi connectivity index (χ3n) is 4.03. The molecule has 7 heteroatoms. The fourth-order valence-electron chi connectivity index (χ4n) is 2.78. The van der Waals surface area contributed by atoms with Crippen molar-refractivity contribution in [2.45, 2.75) is 30.9 Å². The summed E-state index contributed by atoms with van der Waals surface area (Å²) in [6.07, 6.45) is 2.58. The molecule has 0 aliphatic heterocycles. The molecule has 1 aromatic rings. The predicted octanol–water partition coefficient (Wildman–Crippen LogP) is 1.89. The van der Waals surface area contributed by atoms with Gasteiger partial charge in [0.05, 0.1) is 18.3 Å². The number of esters is 1. The van der Waals surface area contributed by atoms with E-state index in [2.05, 4.69) is 0 Å². The number of hydrogen-bond donors (Lipinski definition) is 0. The number of nitrogens with zero attached hydrogens (tertiary/aromatic N) is 1. The van der Waals surface area contributed by atoms with Crippen LogP contribution >= 0.6 is 11.3 Å². The van der Waals surface area contributed by atoms with Gasteiger partial charge in [-0.15, -0.1) is 11.3 Å². The molecule has 2 rings (SSSR count). The summed E-state index contributed by atoms with van der Waals surface area (Å²) < 4.78 is 31.4. The van der Waals surface area contributed by atoms with Crippen molar-refractivity contribution in [3.63, 3.8) is 0 Å².